The van der Waals surface area contributed by atoms with Crippen molar-refractivity contribution in [3.05, 3.63) is 35.6 Å². The van der Waals surface area contributed by atoms with Crippen LogP contribution in [0.25, 0.3) is 0 Å². The predicted octanol–water partition coefficient (Wildman–Crippen LogP) is 1.11. The Hall–Kier alpha value is -0.930. The van der Waals surface area contributed by atoms with Crippen LogP contribution in [0, 0.1) is 5.82 Å². The van der Waals surface area contributed by atoms with Gasteiger partial charge in [0, 0.05) is 0 Å². The maximum Gasteiger partial charge on any atom is 0.126 e. The fraction of sp³-hybridized carbons (Fsp3) is 0.400. The summed E-state index contributed by atoms with van der Waals surface area (Å²) in [5, 5.41) is 17.6. The molecule has 0 bridgehead atoms. The standard InChI is InChI=1S/C10H13FO2/c11-10-4-2-1-3-8(10)5-6-9(13)7-12/h1-4,9,12-13H,5-7H2. The van der Waals surface area contributed by atoms with Gasteiger partial charge in [0.25, 0.3) is 0 Å². The molecular formula is C10H13FO2. The quantitative estimate of drug-likeness (QED) is 0.736. The van der Waals surface area contributed by atoms with Gasteiger partial charge in [-0.15, -0.1) is 0 Å². The topological polar surface area (TPSA) is 40.5 Å². The summed E-state index contributed by atoms with van der Waals surface area (Å²) in [6.07, 6.45) is 0.0888. The van der Waals surface area contributed by atoms with E-state index in [-0.39, 0.29) is 12.4 Å². The van der Waals surface area contributed by atoms with Crippen LogP contribution < -0.4 is 0 Å². The molecule has 0 aliphatic carbocycles. The van der Waals surface area contributed by atoms with Crippen LogP contribution >= 0.6 is 0 Å². The van der Waals surface area contributed by atoms with E-state index in [2.05, 4.69) is 0 Å². The van der Waals surface area contributed by atoms with Gasteiger partial charge in [-0.05, 0) is 24.5 Å². The maximum absolute atomic E-state index is 13.0. The number of hydrogen-bond donors (Lipinski definition) is 2. The predicted molar refractivity (Wildman–Crippen MR) is 47.8 cm³/mol. The minimum Gasteiger partial charge on any atom is -0.394 e. The Labute approximate surface area is 76.6 Å². The zero-order valence-electron chi connectivity index (χ0n) is 7.28. The molecule has 2 N–H and O–H groups in total. The average Bonchev–Trinajstić information content (AvgIpc) is 2.16. The highest BCUT2D eigenvalue weighted by Crippen LogP contribution is 2.09. The molecule has 0 radical (unpaired) electrons. The molecule has 0 aromatic heterocycles. The fourth-order valence-electron chi connectivity index (χ4n) is 1.11. The highest BCUT2D eigenvalue weighted by atomic mass is 19.1. The summed E-state index contributed by atoms with van der Waals surface area (Å²) in [5.74, 6) is -0.257. The molecular weight excluding hydrogens is 171 g/mol. The highest BCUT2D eigenvalue weighted by Gasteiger charge is 2.05. The molecule has 0 amide bonds. The molecule has 1 aromatic rings. The van der Waals surface area contributed by atoms with Crippen molar-refractivity contribution >= 4 is 0 Å². The van der Waals surface area contributed by atoms with E-state index in [4.69, 9.17) is 10.2 Å². The van der Waals surface area contributed by atoms with Crippen molar-refractivity contribution in [3.63, 3.8) is 0 Å². The molecule has 0 spiro atoms. The summed E-state index contributed by atoms with van der Waals surface area (Å²) < 4.78 is 13.0. The first-order chi connectivity index (χ1) is 6.24. The molecule has 0 aliphatic heterocycles. The summed E-state index contributed by atoms with van der Waals surface area (Å²) in [6.45, 7) is -0.269. The summed E-state index contributed by atoms with van der Waals surface area (Å²) in [7, 11) is 0. The second-order valence-electron chi connectivity index (χ2n) is 2.97. The molecule has 0 aliphatic rings. The second kappa shape index (κ2) is 4.94. The van der Waals surface area contributed by atoms with Crippen molar-refractivity contribution in [2.24, 2.45) is 0 Å². The summed E-state index contributed by atoms with van der Waals surface area (Å²) in [4.78, 5) is 0. The summed E-state index contributed by atoms with van der Waals surface area (Å²) >= 11 is 0. The zero-order valence-corrected chi connectivity index (χ0v) is 7.28. The fourth-order valence-corrected chi connectivity index (χ4v) is 1.11. The van der Waals surface area contributed by atoms with Crippen molar-refractivity contribution < 1.29 is 14.6 Å². The van der Waals surface area contributed by atoms with Gasteiger partial charge < -0.3 is 10.2 Å². The summed E-state index contributed by atoms with van der Waals surface area (Å²) in [5.41, 5.74) is 0.579. The molecule has 2 nitrogen and oxygen atoms in total. The van der Waals surface area contributed by atoms with Gasteiger partial charge in [-0.3, -0.25) is 0 Å². The van der Waals surface area contributed by atoms with E-state index in [1.54, 1.807) is 18.2 Å². The zero-order chi connectivity index (χ0) is 9.68. The van der Waals surface area contributed by atoms with Gasteiger partial charge in [-0.25, -0.2) is 4.39 Å². The van der Waals surface area contributed by atoms with E-state index in [0.717, 1.165) is 0 Å². The Morgan fingerprint density at radius 2 is 2.00 bits per heavy atom. The first kappa shape index (κ1) is 10.2. The molecule has 0 heterocycles. The van der Waals surface area contributed by atoms with Crippen molar-refractivity contribution in [1.29, 1.82) is 0 Å². The molecule has 13 heavy (non-hydrogen) atoms. The minimum absolute atomic E-state index is 0.257. The highest BCUT2D eigenvalue weighted by molar-refractivity contribution is 5.17. The number of aryl methyl sites for hydroxylation is 1. The molecule has 1 aromatic carbocycles. The third-order valence-electron chi connectivity index (χ3n) is 1.92. The number of rotatable bonds is 4. The smallest absolute Gasteiger partial charge is 0.126 e. The Kier molecular flexibility index (Phi) is 3.86. The van der Waals surface area contributed by atoms with Gasteiger partial charge in [-0.1, -0.05) is 18.2 Å². The third kappa shape index (κ3) is 3.13. The lowest BCUT2D eigenvalue weighted by Crippen LogP contribution is -2.12. The van der Waals surface area contributed by atoms with E-state index in [1.807, 2.05) is 0 Å². The van der Waals surface area contributed by atoms with Crippen molar-refractivity contribution in [3.8, 4) is 0 Å². The Bertz CT molecular complexity index is 263. The van der Waals surface area contributed by atoms with Crippen LogP contribution in [0.15, 0.2) is 24.3 Å². The number of aliphatic hydroxyl groups excluding tert-OH is 2. The number of hydrogen-bond acceptors (Lipinski definition) is 2. The van der Waals surface area contributed by atoms with E-state index in [0.29, 0.717) is 18.4 Å². The van der Waals surface area contributed by atoms with Crippen molar-refractivity contribution in [1.82, 2.24) is 0 Å². The van der Waals surface area contributed by atoms with Crippen LogP contribution in [0.1, 0.15) is 12.0 Å². The van der Waals surface area contributed by atoms with Crippen molar-refractivity contribution in [2.75, 3.05) is 6.61 Å². The third-order valence-corrected chi connectivity index (χ3v) is 1.92. The second-order valence-corrected chi connectivity index (χ2v) is 2.97. The Balaban J connectivity index is 2.50. The number of halogens is 1. The minimum atomic E-state index is -0.750. The monoisotopic (exact) mass is 184 g/mol. The lowest BCUT2D eigenvalue weighted by atomic mass is 10.1. The molecule has 0 saturated heterocycles. The van der Waals surface area contributed by atoms with Gasteiger partial charge >= 0.3 is 0 Å². The maximum atomic E-state index is 13.0. The van der Waals surface area contributed by atoms with Crippen LogP contribution in [-0.4, -0.2) is 22.9 Å². The molecule has 0 fully saturated rings. The van der Waals surface area contributed by atoms with Crippen molar-refractivity contribution in [2.45, 2.75) is 18.9 Å². The molecule has 3 heteroatoms. The Morgan fingerprint density at radius 3 is 2.62 bits per heavy atom. The van der Waals surface area contributed by atoms with Gasteiger partial charge in [0.05, 0.1) is 12.7 Å². The van der Waals surface area contributed by atoms with Crippen LogP contribution in [-0.2, 0) is 6.42 Å². The average molecular weight is 184 g/mol. The summed E-state index contributed by atoms with van der Waals surface area (Å²) in [6, 6.07) is 6.45. The first-order valence-corrected chi connectivity index (χ1v) is 4.26. The van der Waals surface area contributed by atoms with E-state index >= 15 is 0 Å². The van der Waals surface area contributed by atoms with Gasteiger partial charge in [0.2, 0.25) is 0 Å². The molecule has 0 saturated carbocycles. The van der Waals surface area contributed by atoms with Crippen LogP contribution in [0.5, 0.6) is 0 Å². The van der Waals surface area contributed by atoms with Crippen LogP contribution in [0.2, 0.25) is 0 Å². The molecule has 1 unspecified atom stereocenters. The van der Waals surface area contributed by atoms with E-state index < -0.39 is 6.10 Å². The molecule has 1 rings (SSSR count). The van der Waals surface area contributed by atoms with Crippen LogP contribution in [0.4, 0.5) is 4.39 Å². The SMILES string of the molecule is OCC(O)CCc1ccccc1F. The molecule has 72 valence electrons. The van der Waals surface area contributed by atoms with E-state index in [9.17, 15) is 4.39 Å². The van der Waals surface area contributed by atoms with Gasteiger partial charge in [-0.2, -0.15) is 0 Å². The lowest BCUT2D eigenvalue weighted by Gasteiger charge is -2.06. The first-order valence-electron chi connectivity index (χ1n) is 4.26. The number of benzene rings is 1. The largest absolute Gasteiger partial charge is 0.394 e. The normalized spacial score (nSPS) is 12.8. The van der Waals surface area contributed by atoms with Gasteiger partial charge in [0.15, 0.2) is 0 Å². The Morgan fingerprint density at radius 1 is 1.31 bits per heavy atom. The lowest BCUT2D eigenvalue weighted by molar-refractivity contribution is 0.0884. The molecule has 1 atom stereocenters. The van der Waals surface area contributed by atoms with Gasteiger partial charge in [0.1, 0.15) is 5.82 Å². The number of aliphatic hydroxyl groups is 2. The van der Waals surface area contributed by atoms with Crippen LogP contribution in [0.3, 0.4) is 0 Å². The van der Waals surface area contributed by atoms with E-state index in [1.165, 1.54) is 6.07 Å².